The Labute approximate surface area is 173 Å². The molecule has 2 aliphatic rings. The predicted molar refractivity (Wildman–Crippen MR) is 110 cm³/mol. The molecule has 1 fully saturated rings. The van der Waals surface area contributed by atoms with Gasteiger partial charge in [-0.15, -0.1) is 11.3 Å². The summed E-state index contributed by atoms with van der Waals surface area (Å²) in [4.78, 5) is 29.2. The summed E-state index contributed by atoms with van der Waals surface area (Å²) in [5.74, 6) is 0.107. The number of hydrogen-bond donors (Lipinski definition) is 1. The number of morpholine rings is 1. The fourth-order valence-electron chi connectivity index (χ4n) is 3.76. The molecular formula is C21H23ClN2O3S. The lowest BCUT2D eigenvalue weighted by Gasteiger charge is -2.26. The van der Waals surface area contributed by atoms with Crippen molar-refractivity contribution in [2.45, 2.75) is 25.8 Å². The van der Waals surface area contributed by atoms with E-state index in [9.17, 15) is 9.59 Å². The van der Waals surface area contributed by atoms with E-state index in [0.717, 1.165) is 28.8 Å². The summed E-state index contributed by atoms with van der Waals surface area (Å²) >= 11 is 7.58. The average molecular weight is 419 g/mol. The summed E-state index contributed by atoms with van der Waals surface area (Å²) in [6, 6.07) is 9.52. The van der Waals surface area contributed by atoms with E-state index in [4.69, 9.17) is 16.3 Å². The average Bonchev–Trinajstić information content (AvgIpc) is 3.15. The first-order valence-electron chi connectivity index (χ1n) is 9.61. The van der Waals surface area contributed by atoms with Crippen LogP contribution >= 0.6 is 22.9 Å². The summed E-state index contributed by atoms with van der Waals surface area (Å²) in [6.45, 7) is 2.98. The Balaban J connectivity index is 1.37. The number of nitrogens with one attached hydrogen (secondary N) is 1. The smallest absolute Gasteiger partial charge is 0.264 e. The predicted octanol–water partition coefficient (Wildman–Crippen LogP) is 3.30. The highest BCUT2D eigenvalue weighted by molar-refractivity contribution is 7.14. The Morgan fingerprint density at radius 3 is 2.86 bits per heavy atom. The standard InChI is InChI=1S/C21H23ClN2O3S/c22-17-3-1-2-14(10-17)13-23-20(25)15-4-5-18-16(11-15)12-19(28-18)21(26)24-6-8-27-9-7-24/h1-3,10,12,15H,4-9,11,13H2,(H,23,25)/t15-/m1/s1. The maximum atomic E-state index is 12.7. The molecule has 2 heterocycles. The summed E-state index contributed by atoms with van der Waals surface area (Å²) < 4.78 is 5.33. The molecule has 1 aliphatic heterocycles. The van der Waals surface area contributed by atoms with E-state index in [1.54, 1.807) is 11.3 Å². The Morgan fingerprint density at radius 2 is 2.07 bits per heavy atom. The molecule has 0 radical (unpaired) electrons. The molecule has 28 heavy (non-hydrogen) atoms. The molecule has 2 amide bonds. The molecule has 2 aromatic rings. The number of fused-ring (bicyclic) bond motifs is 1. The second-order valence-electron chi connectivity index (χ2n) is 7.25. The zero-order valence-electron chi connectivity index (χ0n) is 15.6. The molecule has 1 N–H and O–H groups in total. The number of ether oxygens (including phenoxy) is 1. The van der Waals surface area contributed by atoms with Gasteiger partial charge in [0.05, 0.1) is 18.1 Å². The molecule has 1 aromatic carbocycles. The van der Waals surface area contributed by atoms with E-state index >= 15 is 0 Å². The number of aryl methyl sites for hydroxylation is 1. The topological polar surface area (TPSA) is 58.6 Å². The highest BCUT2D eigenvalue weighted by atomic mass is 35.5. The van der Waals surface area contributed by atoms with Crippen LogP contribution in [0.5, 0.6) is 0 Å². The Morgan fingerprint density at radius 1 is 1.25 bits per heavy atom. The zero-order chi connectivity index (χ0) is 19.5. The maximum Gasteiger partial charge on any atom is 0.264 e. The van der Waals surface area contributed by atoms with E-state index in [2.05, 4.69) is 5.32 Å². The lowest BCUT2D eigenvalue weighted by atomic mass is 9.87. The van der Waals surface area contributed by atoms with E-state index in [1.807, 2.05) is 35.2 Å². The fraction of sp³-hybridized carbons (Fsp3) is 0.429. The van der Waals surface area contributed by atoms with Gasteiger partial charge in [0, 0.05) is 35.5 Å². The van der Waals surface area contributed by atoms with Crippen LogP contribution in [-0.4, -0.2) is 43.0 Å². The van der Waals surface area contributed by atoms with Gasteiger partial charge in [-0.1, -0.05) is 23.7 Å². The quantitative estimate of drug-likeness (QED) is 0.828. The van der Waals surface area contributed by atoms with Gasteiger partial charge in [0.2, 0.25) is 5.91 Å². The van der Waals surface area contributed by atoms with Crippen molar-refractivity contribution in [2.24, 2.45) is 5.92 Å². The van der Waals surface area contributed by atoms with Crippen LogP contribution in [0.3, 0.4) is 0 Å². The lowest BCUT2D eigenvalue weighted by Crippen LogP contribution is -2.40. The van der Waals surface area contributed by atoms with Crippen LogP contribution in [0.2, 0.25) is 5.02 Å². The van der Waals surface area contributed by atoms with E-state index < -0.39 is 0 Å². The van der Waals surface area contributed by atoms with E-state index in [1.165, 1.54) is 4.88 Å². The molecule has 0 unspecified atom stereocenters. The Kier molecular flexibility index (Phi) is 5.99. The molecule has 1 aliphatic carbocycles. The highest BCUT2D eigenvalue weighted by Crippen LogP contribution is 2.33. The monoisotopic (exact) mass is 418 g/mol. The first kappa shape index (κ1) is 19.4. The van der Waals surface area contributed by atoms with Crippen LogP contribution < -0.4 is 5.32 Å². The lowest BCUT2D eigenvalue weighted by molar-refractivity contribution is -0.125. The number of amides is 2. The second kappa shape index (κ2) is 8.64. The summed E-state index contributed by atoms with van der Waals surface area (Å²) in [5.41, 5.74) is 2.14. The van der Waals surface area contributed by atoms with E-state index in [-0.39, 0.29) is 17.7 Å². The summed E-state index contributed by atoms with van der Waals surface area (Å²) in [6.07, 6.45) is 2.37. The van der Waals surface area contributed by atoms with Gasteiger partial charge in [0.1, 0.15) is 0 Å². The van der Waals surface area contributed by atoms with Gasteiger partial charge in [-0.3, -0.25) is 9.59 Å². The normalized spacial score (nSPS) is 19.2. The molecule has 0 spiro atoms. The van der Waals surface area contributed by atoms with Crippen LogP contribution in [0.25, 0.3) is 0 Å². The molecule has 148 valence electrons. The molecule has 0 bridgehead atoms. The Bertz CT molecular complexity index is 876. The van der Waals surface area contributed by atoms with Crippen molar-refractivity contribution in [1.29, 1.82) is 0 Å². The van der Waals surface area contributed by atoms with Gasteiger partial charge >= 0.3 is 0 Å². The van der Waals surface area contributed by atoms with Crippen molar-refractivity contribution in [1.82, 2.24) is 10.2 Å². The molecule has 4 rings (SSSR count). The summed E-state index contributed by atoms with van der Waals surface area (Å²) in [5, 5.41) is 3.70. The van der Waals surface area contributed by atoms with Gasteiger partial charge in [0.15, 0.2) is 0 Å². The minimum Gasteiger partial charge on any atom is -0.378 e. The first-order chi connectivity index (χ1) is 13.6. The minimum atomic E-state index is -0.0485. The first-order valence-corrected chi connectivity index (χ1v) is 10.8. The van der Waals surface area contributed by atoms with Crippen molar-refractivity contribution < 1.29 is 14.3 Å². The molecule has 1 saturated heterocycles. The number of benzene rings is 1. The van der Waals surface area contributed by atoms with Crippen molar-refractivity contribution in [3.63, 3.8) is 0 Å². The number of nitrogens with zero attached hydrogens (tertiary/aromatic N) is 1. The van der Waals surface area contributed by atoms with Gasteiger partial charge in [0.25, 0.3) is 5.91 Å². The van der Waals surface area contributed by atoms with Crippen molar-refractivity contribution in [2.75, 3.05) is 26.3 Å². The van der Waals surface area contributed by atoms with E-state index in [0.29, 0.717) is 44.3 Å². The second-order valence-corrected chi connectivity index (χ2v) is 8.82. The molecule has 7 heteroatoms. The van der Waals surface area contributed by atoms with Crippen molar-refractivity contribution in [3.05, 3.63) is 56.2 Å². The number of hydrogen-bond acceptors (Lipinski definition) is 4. The van der Waals surface area contributed by atoms with Crippen LogP contribution in [-0.2, 0) is 28.9 Å². The van der Waals surface area contributed by atoms with Gasteiger partial charge < -0.3 is 15.0 Å². The van der Waals surface area contributed by atoms with Crippen LogP contribution in [0.1, 0.15) is 32.1 Å². The van der Waals surface area contributed by atoms with Crippen molar-refractivity contribution >= 4 is 34.8 Å². The maximum absolute atomic E-state index is 12.7. The number of thiophene rings is 1. The highest BCUT2D eigenvalue weighted by Gasteiger charge is 2.28. The third-order valence-electron chi connectivity index (χ3n) is 5.32. The molecular weight excluding hydrogens is 396 g/mol. The zero-order valence-corrected chi connectivity index (χ0v) is 17.2. The van der Waals surface area contributed by atoms with Gasteiger partial charge in [-0.25, -0.2) is 0 Å². The number of halogens is 1. The van der Waals surface area contributed by atoms with Gasteiger partial charge in [-0.2, -0.15) is 0 Å². The molecule has 1 atom stereocenters. The third-order valence-corrected chi connectivity index (χ3v) is 6.78. The number of carbonyl (C=O) groups is 2. The van der Waals surface area contributed by atoms with Crippen LogP contribution in [0, 0.1) is 5.92 Å². The van der Waals surface area contributed by atoms with Gasteiger partial charge in [-0.05, 0) is 48.6 Å². The molecule has 5 nitrogen and oxygen atoms in total. The SMILES string of the molecule is O=C(NCc1cccc(Cl)c1)[C@@H]1CCc2sc(C(=O)N3CCOCC3)cc2C1. The summed E-state index contributed by atoms with van der Waals surface area (Å²) in [7, 11) is 0. The fourth-order valence-corrected chi connectivity index (χ4v) is 5.14. The van der Waals surface area contributed by atoms with Crippen LogP contribution in [0.4, 0.5) is 0 Å². The van der Waals surface area contributed by atoms with Crippen LogP contribution in [0.15, 0.2) is 30.3 Å². The molecule has 0 saturated carbocycles. The minimum absolute atomic E-state index is 0.0485. The number of rotatable bonds is 4. The Hall–Kier alpha value is -1.89. The number of carbonyl (C=O) groups excluding carboxylic acids is 2. The molecule has 1 aromatic heterocycles. The largest absolute Gasteiger partial charge is 0.378 e. The van der Waals surface area contributed by atoms with Crippen molar-refractivity contribution in [3.8, 4) is 0 Å². The third kappa shape index (κ3) is 4.40.